The Labute approximate surface area is 151 Å². The summed E-state index contributed by atoms with van der Waals surface area (Å²) >= 11 is 0. The molecule has 1 unspecified atom stereocenters. The molecule has 1 saturated heterocycles. The van der Waals surface area contributed by atoms with E-state index < -0.39 is 0 Å². The number of likely N-dealkylation sites (tertiary alicyclic amines) is 1. The maximum atomic E-state index is 11.7. The lowest BCUT2D eigenvalue weighted by Crippen LogP contribution is -2.45. The standard InChI is InChI=1S/C16H30N4O.HI/c1-3-15(21)20-10-9-14(12-20)19-16(17-4-2)18-11-13-7-5-6-8-13;/h13-14H,3-12H2,1-2H3,(H2,17,18,19);1H. The van der Waals surface area contributed by atoms with E-state index in [4.69, 9.17) is 4.99 Å². The molecule has 2 rings (SSSR count). The topological polar surface area (TPSA) is 56.7 Å². The van der Waals surface area contributed by atoms with Gasteiger partial charge in [-0.15, -0.1) is 24.0 Å². The zero-order valence-electron chi connectivity index (χ0n) is 13.9. The van der Waals surface area contributed by atoms with Gasteiger partial charge < -0.3 is 15.5 Å². The number of carbonyl (C=O) groups excluding carboxylic acids is 1. The largest absolute Gasteiger partial charge is 0.357 e. The zero-order valence-corrected chi connectivity index (χ0v) is 16.3. The van der Waals surface area contributed by atoms with Gasteiger partial charge in [0.05, 0.1) is 0 Å². The molecule has 0 bridgehead atoms. The van der Waals surface area contributed by atoms with Crippen molar-refractivity contribution in [2.24, 2.45) is 10.9 Å². The number of aliphatic imine (C=N–C) groups is 1. The summed E-state index contributed by atoms with van der Waals surface area (Å²) < 4.78 is 0. The average Bonchev–Trinajstić information content (AvgIpc) is 3.15. The third-order valence-electron chi connectivity index (χ3n) is 4.51. The molecule has 2 N–H and O–H groups in total. The van der Waals surface area contributed by atoms with Crippen LogP contribution in [0.25, 0.3) is 0 Å². The van der Waals surface area contributed by atoms with Crippen molar-refractivity contribution >= 4 is 35.8 Å². The van der Waals surface area contributed by atoms with E-state index in [9.17, 15) is 4.79 Å². The summed E-state index contributed by atoms with van der Waals surface area (Å²) in [5, 5.41) is 6.82. The van der Waals surface area contributed by atoms with E-state index >= 15 is 0 Å². The molecule has 5 nitrogen and oxygen atoms in total. The number of halogens is 1. The van der Waals surface area contributed by atoms with Gasteiger partial charge in [0.15, 0.2) is 5.96 Å². The van der Waals surface area contributed by atoms with Crippen LogP contribution < -0.4 is 10.6 Å². The van der Waals surface area contributed by atoms with Crippen LogP contribution >= 0.6 is 24.0 Å². The normalized spacial score (nSPS) is 22.5. The van der Waals surface area contributed by atoms with Gasteiger partial charge in [-0.05, 0) is 32.1 Å². The molecule has 0 spiro atoms. The number of guanidine groups is 1. The van der Waals surface area contributed by atoms with Crippen molar-refractivity contribution in [1.29, 1.82) is 0 Å². The molecule has 0 aromatic heterocycles. The van der Waals surface area contributed by atoms with Gasteiger partial charge in [-0.3, -0.25) is 9.79 Å². The molecule has 2 fully saturated rings. The van der Waals surface area contributed by atoms with E-state index in [1.807, 2.05) is 11.8 Å². The Morgan fingerprint density at radius 1 is 1.23 bits per heavy atom. The lowest BCUT2D eigenvalue weighted by atomic mass is 10.1. The molecule has 22 heavy (non-hydrogen) atoms. The summed E-state index contributed by atoms with van der Waals surface area (Å²) in [5.74, 6) is 1.94. The fourth-order valence-electron chi connectivity index (χ4n) is 3.25. The Kier molecular flexibility index (Phi) is 9.12. The molecule has 0 radical (unpaired) electrons. The smallest absolute Gasteiger partial charge is 0.222 e. The Morgan fingerprint density at radius 3 is 2.59 bits per heavy atom. The van der Waals surface area contributed by atoms with Gasteiger partial charge in [-0.2, -0.15) is 0 Å². The maximum absolute atomic E-state index is 11.7. The number of rotatable bonds is 5. The molecule has 1 heterocycles. The van der Waals surface area contributed by atoms with Gasteiger partial charge in [0.1, 0.15) is 0 Å². The molecule has 0 aromatic carbocycles. The summed E-state index contributed by atoms with van der Waals surface area (Å²) in [5.41, 5.74) is 0. The predicted octanol–water partition coefficient (Wildman–Crippen LogP) is 2.36. The first-order chi connectivity index (χ1) is 10.2. The van der Waals surface area contributed by atoms with E-state index in [0.29, 0.717) is 12.5 Å². The van der Waals surface area contributed by atoms with Crippen LogP contribution in [0, 0.1) is 5.92 Å². The Bertz CT molecular complexity index is 369. The van der Waals surface area contributed by atoms with E-state index in [-0.39, 0.29) is 29.9 Å². The van der Waals surface area contributed by atoms with Gasteiger partial charge in [0.2, 0.25) is 5.91 Å². The minimum absolute atomic E-state index is 0. The fourth-order valence-corrected chi connectivity index (χ4v) is 3.25. The second-order valence-electron chi connectivity index (χ2n) is 6.19. The fraction of sp³-hybridized carbons (Fsp3) is 0.875. The number of carbonyl (C=O) groups is 1. The Morgan fingerprint density at radius 2 is 1.95 bits per heavy atom. The van der Waals surface area contributed by atoms with E-state index in [1.165, 1.54) is 25.7 Å². The molecule has 0 aromatic rings. The summed E-state index contributed by atoms with van der Waals surface area (Å²) in [6, 6.07) is 0.335. The molecule has 1 aliphatic heterocycles. The highest BCUT2D eigenvalue weighted by Crippen LogP contribution is 2.24. The predicted molar refractivity (Wildman–Crippen MR) is 102 cm³/mol. The first-order valence-corrected chi connectivity index (χ1v) is 8.55. The van der Waals surface area contributed by atoms with E-state index in [1.54, 1.807) is 0 Å². The first kappa shape index (κ1) is 19.5. The van der Waals surface area contributed by atoms with Crippen LogP contribution in [0.2, 0.25) is 0 Å². The van der Waals surface area contributed by atoms with Crippen LogP contribution in [0.4, 0.5) is 0 Å². The lowest BCUT2D eigenvalue weighted by molar-refractivity contribution is -0.129. The molecule has 1 saturated carbocycles. The number of hydrogen-bond donors (Lipinski definition) is 2. The Balaban J connectivity index is 0.00000242. The van der Waals surface area contributed by atoms with Crippen molar-refractivity contribution in [3.8, 4) is 0 Å². The van der Waals surface area contributed by atoms with Gasteiger partial charge in [0.25, 0.3) is 0 Å². The third-order valence-corrected chi connectivity index (χ3v) is 4.51. The molecule has 128 valence electrons. The highest BCUT2D eigenvalue weighted by molar-refractivity contribution is 14.0. The van der Waals surface area contributed by atoms with Gasteiger partial charge >= 0.3 is 0 Å². The van der Waals surface area contributed by atoms with Gasteiger partial charge in [-0.1, -0.05) is 19.8 Å². The highest BCUT2D eigenvalue weighted by Gasteiger charge is 2.25. The lowest BCUT2D eigenvalue weighted by Gasteiger charge is -2.19. The summed E-state index contributed by atoms with van der Waals surface area (Å²) in [6.45, 7) is 7.50. The molecule has 1 atom stereocenters. The molecular weight excluding hydrogens is 391 g/mol. The third kappa shape index (κ3) is 5.93. The molecule has 6 heteroatoms. The Hall–Kier alpha value is -0.530. The van der Waals surface area contributed by atoms with Crippen molar-refractivity contribution in [3.05, 3.63) is 0 Å². The van der Waals surface area contributed by atoms with Crippen LogP contribution in [0.3, 0.4) is 0 Å². The second kappa shape index (κ2) is 10.3. The minimum atomic E-state index is 0. The van der Waals surface area contributed by atoms with Crippen molar-refractivity contribution < 1.29 is 4.79 Å². The second-order valence-corrected chi connectivity index (χ2v) is 6.19. The van der Waals surface area contributed by atoms with Crippen molar-refractivity contribution in [2.45, 2.75) is 58.4 Å². The van der Waals surface area contributed by atoms with E-state index in [0.717, 1.165) is 44.5 Å². The average molecular weight is 422 g/mol. The number of nitrogens with one attached hydrogen (secondary N) is 2. The number of amides is 1. The summed E-state index contributed by atoms with van der Waals surface area (Å²) in [6.07, 6.45) is 6.99. The van der Waals surface area contributed by atoms with Crippen LogP contribution in [0.1, 0.15) is 52.4 Å². The van der Waals surface area contributed by atoms with Crippen molar-refractivity contribution in [1.82, 2.24) is 15.5 Å². The number of hydrogen-bond acceptors (Lipinski definition) is 2. The van der Waals surface area contributed by atoms with Gasteiger partial charge in [0, 0.05) is 38.6 Å². The first-order valence-electron chi connectivity index (χ1n) is 8.55. The van der Waals surface area contributed by atoms with Crippen molar-refractivity contribution in [3.63, 3.8) is 0 Å². The molecule has 1 aliphatic carbocycles. The van der Waals surface area contributed by atoms with Gasteiger partial charge in [-0.25, -0.2) is 0 Å². The van der Waals surface area contributed by atoms with Crippen LogP contribution in [0.15, 0.2) is 4.99 Å². The molecular formula is C16H31IN4O. The monoisotopic (exact) mass is 422 g/mol. The SMILES string of the molecule is CCNC(=NCC1CCCC1)NC1CCN(C(=O)CC)C1.I. The van der Waals surface area contributed by atoms with Crippen molar-refractivity contribution in [2.75, 3.05) is 26.2 Å². The highest BCUT2D eigenvalue weighted by atomic mass is 127. The number of nitrogens with zero attached hydrogens (tertiary/aromatic N) is 2. The van der Waals surface area contributed by atoms with Crippen LogP contribution in [0.5, 0.6) is 0 Å². The maximum Gasteiger partial charge on any atom is 0.222 e. The van der Waals surface area contributed by atoms with E-state index in [2.05, 4.69) is 17.6 Å². The van der Waals surface area contributed by atoms with Crippen LogP contribution in [-0.4, -0.2) is 49.0 Å². The van der Waals surface area contributed by atoms with Crippen LogP contribution in [-0.2, 0) is 4.79 Å². The summed E-state index contributed by atoms with van der Waals surface area (Å²) in [7, 11) is 0. The molecule has 1 amide bonds. The summed E-state index contributed by atoms with van der Waals surface area (Å²) in [4.78, 5) is 18.4. The minimum Gasteiger partial charge on any atom is -0.357 e. The molecule has 2 aliphatic rings. The zero-order chi connectivity index (χ0) is 15.1. The quantitative estimate of drug-likeness (QED) is 0.407.